The number of halogens is 2. The van der Waals surface area contributed by atoms with Crippen molar-refractivity contribution in [3.8, 4) is 12.3 Å². The molecule has 1 aromatic heterocycles. The second kappa shape index (κ2) is 5.04. The first-order chi connectivity index (χ1) is 6.66. The summed E-state index contributed by atoms with van der Waals surface area (Å²) in [5.41, 5.74) is -0.379. The SMILES string of the molecule is C#CCCCn1ncc(Cl)c(Cl)c1=O. The Morgan fingerprint density at radius 2 is 2.29 bits per heavy atom. The zero-order valence-electron chi connectivity index (χ0n) is 7.33. The first kappa shape index (κ1) is 11.1. The summed E-state index contributed by atoms with van der Waals surface area (Å²) < 4.78 is 1.26. The van der Waals surface area contributed by atoms with Gasteiger partial charge in [-0.15, -0.1) is 12.3 Å². The summed E-state index contributed by atoms with van der Waals surface area (Å²) in [7, 11) is 0. The number of aryl methyl sites for hydroxylation is 1. The van der Waals surface area contributed by atoms with Crippen molar-refractivity contribution in [2.45, 2.75) is 19.4 Å². The highest BCUT2D eigenvalue weighted by atomic mass is 35.5. The van der Waals surface area contributed by atoms with Gasteiger partial charge in [-0.1, -0.05) is 23.2 Å². The Morgan fingerprint density at radius 1 is 1.57 bits per heavy atom. The van der Waals surface area contributed by atoms with Crippen molar-refractivity contribution in [2.24, 2.45) is 0 Å². The highest BCUT2D eigenvalue weighted by molar-refractivity contribution is 6.41. The third-order valence-electron chi connectivity index (χ3n) is 1.63. The third kappa shape index (κ3) is 2.50. The van der Waals surface area contributed by atoms with Gasteiger partial charge in [0.15, 0.2) is 0 Å². The Balaban J connectivity index is 2.85. The van der Waals surface area contributed by atoms with Crippen molar-refractivity contribution in [2.75, 3.05) is 0 Å². The van der Waals surface area contributed by atoms with Gasteiger partial charge in [0, 0.05) is 13.0 Å². The molecule has 0 spiro atoms. The van der Waals surface area contributed by atoms with Crippen LogP contribution in [0.2, 0.25) is 10.0 Å². The van der Waals surface area contributed by atoms with E-state index in [1.165, 1.54) is 10.9 Å². The number of terminal acetylenes is 1. The van der Waals surface area contributed by atoms with E-state index in [0.717, 1.165) is 0 Å². The Bertz CT molecular complexity index is 420. The van der Waals surface area contributed by atoms with E-state index in [1.54, 1.807) is 0 Å². The van der Waals surface area contributed by atoms with Crippen molar-refractivity contribution < 1.29 is 0 Å². The minimum absolute atomic E-state index is 0.00220. The van der Waals surface area contributed by atoms with Gasteiger partial charge in [0.25, 0.3) is 5.56 Å². The van der Waals surface area contributed by atoms with Gasteiger partial charge in [-0.3, -0.25) is 4.79 Å². The summed E-state index contributed by atoms with van der Waals surface area (Å²) in [5.74, 6) is 2.48. The van der Waals surface area contributed by atoms with Crippen LogP contribution >= 0.6 is 23.2 Å². The van der Waals surface area contributed by atoms with Crippen LogP contribution in [0.25, 0.3) is 0 Å². The molecule has 0 bridgehead atoms. The lowest BCUT2D eigenvalue weighted by atomic mass is 10.3. The smallest absolute Gasteiger partial charge is 0.266 e. The number of rotatable bonds is 3. The molecule has 14 heavy (non-hydrogen) atoms. The van der Waals surface area contributed by atoms with Gasteiger partial charge in [-0.25, -0.2) is 4.68 Å². The molecular weight excluding hydrogens is 223 g/mol. The van der Waals surface area contributed by atoms with E-state index < -0.39 is 0 Å². The van der Waals surface area contributed by atoms with Gasteiger partial charge in [0.05, 0.1) is 11.2 Å². The molecule has 0 N–H and O–H groups in total. The fourth-order valence-corrected chi connectivity index (χ4v) is 1.21. The van der Waals surface area contributed by atoms with Crippen LogP contribution in [0.1, 0.15) is 12.8 Å². The lowest BCUT2D eigenvalue weighted by Gasteiger charge is -2.03. The molecular formula is C9H8Cl2N2O. The van der Waals surface area contributed by atoms with Gasteiger partial charge in [-0.05, 0) is 6.42 Å². The highest BCUT2D eigenvalue weighted by Gasteiger charge is 2.06. The second-order valence-corrected chi connectivity index (χ2v) is 3.43. The number of aromatic nitrogens is 2. The largest absolute Gasteiger partial charge is 0.287 e. The summed E-state index contributed by atoms with van der Waals surface area (Å²) in [6, 6.07) is 0. The Hall–Kier alpha value is -0.980. The van der Waals surface area contributed by atoms with Crippen LogP contribution in [0, 0.1) is 12.3 Å². The molecule has 1 aromatic rings. The topological polar surface area (TPSA) is 34.9 Å². The van der Waals surface area contributed by atoms with Crippen LogP contribution in [0.15, 0.2) is 11.0 Å². The predicted octanol–water partition coefficient (Wildman–Crippen LogP) is 1.96. The fraction of sp³-hybridized carbons (Fsp3) is 0.333. The van der Waals surface area contributed by atoms with Crippen molar-refractivity contribution in [3.63, 3.8) is 0 Å². The number of hydrogen-bond acceptors (Lipinski definition) is 2. The third-order valence-corrected chi connectivity index (χ3v) is 2.38. The monoisotopic (exact) mass is 230 g/mol. The molecule has 0 aliphatic heterocycles. The summed E-state index contributed by atoms with van der Waals surface area (Å²) in [6.07, 6.45) is 7.73. The molecule has 0 saturated carbocycles. The molecule has 1 rings (SSSR count). The lowest BCUT2D eigenvalue weighted by Crippen LogP contribution is -2.23. The van der Waals surface area contributed by atoms with Crippen LogP contribution < -0.4 is 5.56 Å². The molecule has 0 fully saturated rings. The maximum atomic E-state index is 11.4. The molecule has 0 amide bonds. The summed E-state index contributed by atoms with van der Waals surface area (Å²) >= 11 is 11.3. The molecule has 1 heterocycles. The molecule has 0 aliphatic carbocycles. The van der Waals surface area contributed by atoms with E-state index in [9.17, 15) is 4.79 Å². The van der Waals surface area contributed by atoms with E-state index in [-0.39, 0.29) is 15.6 Å². The summed E-state index contributed by atoms with van der Waals surface area (Å²) in [6.45, 7) is 0.458. The van der Waals surface area contributed by atoms with Crippen LogP contribution in [-0.2, 0) is 6.54 Å². The maximum absolute atomic E-state index is 11.4. The van der Waals surface area contributed by atoms with Gasteiger partial charge in [-0.2, -0.15) is 5.10 Å². The molecule has 0 radical (unpaired) electrons. The number of nitrogens with zero attached hydrogens (tertiary/aromatic N) is 2. The molecule has 0 saturated heterocycles. The van der Waals surface area contributed by atoms with Gasteiger partial charge in [0.2, 0.25) is 0 Å². The van der Waals surface area contributed by atoms with Gasteiger partial charge in [0.1, 0.15) is 5.02 Å². The van der Waals surface area contributed by atoms with Crippen molar-refractivity contribution in [1.29, 1.82) is 0 Å². The summed E-state index contributed by atoms with van der Waals surface area (Å²) in [4.78, 5) is 11.4. The van der Waals surface area contributed by atoms with Crippen molar-refractivity contribution in [1.82, 2.24) is 9.78 Å². The highest BCUT2D eigenvalue weighted by Crippen LogP contribution is 2.14. The average Bonchev–Trinajstić information content (AvgIpc) is 2.18. The second-order valence-electron chi connectivity index (χ2n) is 2.64. The molecule has 74 valence electrons. The zero-order valence-corrected chi connectivity index (χ0v) is 8.85. The zero-order chi connectivity index (χ0) is 10.6. The Kier molecular flexibility index (Phi) is 3.99. The standard InChI is InChI=1S/C9H8Cl2N2O/c1-2-3-4-5-13-9(14)8(11)7(10)6-12-13/h1,6H,3-5H2. The van der Waals surface area contributed by atoms with E-state index in [1.807, 2.05) is 0 Å². The minimum Gasteiger partial charge on any atom is -0.266 e. The van der Waals surface area contributed by atoms with E-state index in [0.29, 0.717) is 19.4 Å². The molecule has 3 nitrogen and oxygen atoms in total. The molecule has 0 aliphatic rings. The lowest BCUT2D eigenvalue weighted by molar-refractivity contribution is 0.555. The van der Waals surface area contributed by atoms with E-state index >= 15 is 0 Å². The molecule has 0 aromatic carbocycles. The van der Waals surface area contributed by atoms with Crippen molar-refractivity contribution in [3.05, 3.63) is 26.6 Å². The van der Waals surface area contributed by atoms with Crippen molar-refractivity contribution >= 4 is 23.2 Å². The number of hydrogen-bond donors (Lipinski definition) is 0. The minimum atomic E-state index is -0.379. The summed E-state index contributed by atoms with van der Waals surface area (Å²) in [5, 5.41) is 4.00. The molecule has 0 unspecified atom stereocenters. The molecule has 5 heteroatoms. The average molecular weight is 231 g/mol. The Labute approximate surface area is 91.6 Å². The first-order valence-electron chi connectivity index (χ1n) is 4.01. The Morgan fingerprint density at radius 3 is 2.93 bits per heavy atom. The van der Waals surface area contributed by atoms with E-state index in [4.69, 9.17) is 29.6 Å². The number of unbranched alkanes of at least 4 members (excludes halogenated alkanes) is 1. The van der Waals surface area contributed by atoms with Crippen LogP contribution in [0.3, 0.4) is 0 Å². The van der Waals surface area contributed by atoms with Crippen LogP contribution in [-0.4, -0.2) is 9.78 Å². The predicted molar refractivity (Wildman–Crippen MR) is 56.6 cm³/mol. The normalized spacial score (nSPS) is 9.79. The fourth-order valence-electron chi connectivity index (χ4n) is 0.935. The quantitative estimate of drug-likeness (QED) is 0.588. The first-order valence-corrected chi connectivity index (χ1v) is 4.77. The van der Waals surface area contributed by atoms with Gasteiger partial charge >= 0.3 is 0 Å². The maximum Gasteiger partial charge on any atom is 0.287 e. The van der Waals surface area contributed by atoms with E-state index in [2.05, 4.69) is 11.0 Å². The van der Waals surface area contributed by atoms with Crippen LogP contribution in [0.5, 0.6) is 0 Å². The molecule has 0 atom stereocenters. The van der Waals surface area contributed by atoms with Crippen LogP contribution in [0.4, 0.5) is 0 Å². The van der Waals surface area contributed by atoms with Gasteiger partial charge < -0.3 is 0 Å².